The van der Waals surface area contributed by atoms with Gasteiger partial charge < -0.3 is 20.1 Å². The lowest BCUT2D eigenvalue weighted by Crippen LogP contribution is -2.42. The summed E-state index contributed by atoms with van der Waals surface area (Å²) in [6.45, 7) is 6.04. The summed E-state index contributed by atoms with van der Waals surface area (Å²) in [5.74, 6) is 1.44. The molecule has 1 aromatic rings. The quantitative estimate of drug-likeness (QED) is 0.802. The Hall–Kier alpha value is -1.17. The van der Waals surface area contributed by atoms with Crippen molar-refractivity contribution >= 4 is 29.9 Å². The molecule has 1 heterocycles. The van der Waals surface area contributed by atoms with E-state index in [0.29, 0.717) is 34.6 Å². The van der Waals surface area contributed by atoms with Crippen LogP contribution in [0.2, 0.25) is 5.02 Å². The molecule has 2 rings (SSSR count). The zero-order valence-corrected chi connectivity index (χ0v) is 16.7. The molecule has 1 saturated heterocycles. The Morgan fingerprint density at radius 3 is 2.56 bits per heavy atom. The molecule has 1 fully saturated rings. The predicted molar refractivity (Wildman–Crippen MR) is 103 cm³/mol. The van der Waals surface area contributed by atoms with Crippen LogP contribution >= 0.6 is 24.0 Å². The molecule has 1 aromatic carbocycles. The zero-order chi connectivity index (χ0) is 17.7. The van der Waals surface area contributed by atoms with Crippen LogP contribution in [-0.4, -0.2) is 43.7 Å². The highest BCUT2D eigenvalue weighted by molar-refractivity contribution is 6.32. The molecule has 7 heteroatoms. The van der Waals surface area contributed by atoms with Crippen LogP contribution in [0.15, 0.2) is 12.1 Å². The second-order valence-electron chi connectivity index (χ2n) is 6.33. The van der Waals surface area contributed by atoms with Crippen molar-refractivity contribution in [1.82, 2.24) is 4.90 Å². The molecule has 2 N–H and O–H groups in total. The molecule has 1 aliphatic rings. The standard InChI is InChI=1S/C18H27ClN2O3.ClH/c1-4-9-24-17-15(19)10-14(11-16(17)23-3)18(22)21-7-5-13(6-8-21)12(2)20;/h10-13H,4-9,20H2,1-3H3;1H. The monoisotopic (exact) mass is 390 g/mol. The van der Waals surface area contributed by atoms with Crippen LogP contribution in [0.3, 0.4) is 0 Å². The molecule has 1 aliphatic heterocycles. The molecule has 25 heavy (non-hydrogen) atoms. The first-order valence-corrected chi connectivity index (χ1v) is 8.90. The first kappa shape index (κ1) is 21.9. The van der Waals surface area contributed by atoms with E-state index in [1.165, 1.54) is 0 Å². The number of rotatable bonds is 6. The highest BCUT2D eigenvalue weighted by atomic mass is 35.5. The van der Waals surface area contributed by atoms with Crippen LogP contribution < -0.4 is 15.2 Å². The fraction of sp³-hybridized carbons (Fsp3) is 0.611. The van der Waals surface area contributed by atoms with Crippen LogP contribution in [0.4, 0.5) is 0 Å². The second kappa shape index (κ2) is 10.1. The van der Waals surface area contributed by atoms with E-state index in [2.05, 4.69) is 0 Å². The smallest absolute Gasteiger partial charge is 0.254 e. The molecule has 5 nitrogen and oxygen atoms in total. The maximum atomic E-state index is 12.8. The van der Waals surface area contributed by atoms with Crippen molar-refractivity contribution in [3.8, 4) is 11.5 Å². The number of hydrogen-bond acceptors (Lipinski definition) is 4. The van der Waals surface area contributed by atoms with Crippen LogP contribution in [0.25, 0.3) is 0 Å². The van der Waals surface area contributed by atoms with Gasteiger partial charge in [0.2, 0.25) is 0 Å². The topological polar surface area (TPSA) is 64.8 Å². The van der Waals surface area contributed by atoms with Gasteiger partial charge in [-0.05, 0) is 44.2 Å². The summed E-state index contributed by atoms with van der Waals surface area (Å²) >= 11 is 6.30. The van der Waals surface area contributed by atoms with Crippen LogP contribution in [0, 0.1) is 5.92 Å². The van der Waals surface area contributed by atoms with Gasteiger partial charge in [-0.15, -0.1) is 12.4 Å². The Morgan fingerprint density at radius 1 is 1.40 bits per heavy atom. The van der Waals surface area contributed by atoms with E-state index >= 15 is 0 Å². The Kier molecular flexibility index (Phi) is 8.83. The van der Waals surface area contributed by atoms with E-state index in [0.717, 1.165) is 32.4 Å². The van der Waals surface area contributed by atoms with E-state index in [4.69, 9.17) is 26.8 Å². The van der Waals surface area contributed by atoms with E-state index in [9.17, 15) is 4.79 Å². The van der Waals surface area contributed by atoms with Gasteiger partial charge in [0.25, 0.3) is 5.91 Å². The van der Waals surface area contributed by atoms with Crippen molar-refractivity contribution < 1.29 is 14.3 Å². The number of benzene rings is 1. The molecule has 142 valence electrons. The molecule has 0 spiro atoms. The van der Waals surface area contributed by atoms with Crippen molar-refractivity contribution in [1.29, 1.82) is 0 Å². The summed E-state index contributed by atoms with van der Waals surface area (Å²) in [6, 6.07) is 3.54. The lowest BCUT2D eigenvalue weighted by Gasteiger charge is -2.33. The summed E-state index contributed by atoms with van der Waals surface area (Å²) < 4.78 is 11.0. The number of piperidine rings is 1. The third-order valence-electron chi connectivity index (χ3n) is 4.50. The number of likely N-dealkylation sites (tertiary alicyclic amines) is 1. The fourth-order valence-corrected chi connectivity index (χ4v) is 3.26. The Balaban J connectivity index is 0.00000312. The summed E-state index contributed by atoms with van der Waals surface area (Å²) in [4.78, 5) is 14.6. The van der Waals surface area contributed by atoms with Crippen LogP contribution in [0.1, 0.15) is 43.5 Å². The minimum atomic E-state index is -0.0274. The normalized spacial score (nSPS) is 16.1. The van der Waals surface area contributed by atoms with Gasteiger partial charge in [-0.25, -0.2) is 0 Å². The van der Waals surface area contributed by atoms with Crippen molar-refractivity contribution in [3.63, 3.8) is 0 Å². The molecule has 1 atom stereocenters. The number of carbonyl (C=O) groups excluding carboxylic acids is 1. The maximum absolute atomic E-state index is 12.8. The molecule has 0 aliphatic carbocycles. The van der Waals surface area contributed by atoms with E-state index in [1.807, 2.05) is 18.7 Å². The highest BCUT2D eigenvalue weighted by Crippen LogP contribution is 2.37. The molecule has 1 amide bonds. The lowest BCUT2D eigenvalue weighted by atomic mass is 9.90. The minimum absolute atomic E-state index is 0. The average Bonchev–Trinajstić information content (AvgIpc) is 2.59. The summed E-state index contributed by atoms with van der Waals surface area (Å²) in [5, 5.41) is 0.400. The first-order valence-electron chi connectivity index (χ1n) is 8.53. The van der Waals surface area contributed by atoms with Crippen molar-refractivity contribution in [2.75, 3.05) is 26.8 Å². The molecule has 0 bridgehead atoms. The van der Waals surface area contributed by atoms with Gasteiger partial charge in [-0.2, -0.15) is 0 Å². The van der Waals surface area contributed by atoms with Crippen molar-refractivity contribution in [2.24, 2.45) is 11.7 Å². The van der Waals surface area contributed by atoms with Crippen molar-refractivity contribution in [2.45, 2.75) is 39.2 Å². The first-order chi connectivity index (χ1) is 11.5. The molecule has 0 aromatic heterocycles. The number of carbonyl (C=O) groups is 1. The molecule has 1 unspecified atom stereocenters. The number of ether oxygens (including phenoxy) is 2. The second-order valence-corrected chi connectivity index (χ2v) is 6.73. The number of hydrogen-bond donors (Lipinski definition) is 1. The average molecular weight is 391 g/mol. The van der Waals surface area contributed by atoms with Crippen LogP contribution in [-0.2, 0) is 0 Å². The zero-order valence-electron chi connectivity index (χ0n) is 15.1. The SMILES string of the molecule is CCCOc1c(Cl)cc(C(=O)N2CCC(C(C)N)CC2)cc1OC.Cl. The number of nitrogens with zero attached hydrogens (tertiary/aromatic N) is 1. The van der Waals surface area contributed by atoms with Gasteiger partial charge in [0.1, 0.15) is 0 Å². The number of methoxy groups -OCH3 is 1. The lowest BCUT2D eigenvalue weighted by molar-refractivity contribution is 0.0680. The number of halogens is 2. The molecule has 0 radical (unpaired) electrons. The molecule has 0 saturated carbocycles. The number of amides is 1. The highest BCUT2D eigenvalue weighted by Gasteiger charge is 2.26. The third-order valence-corrected chi connectivity index (χ3v) is 4.78. The Morgan fingerprint density at radius 2 is 2.04 bits per heavy atom. The fourth-order valence-electron chi connectivity index (χ4n) is 3.00. The van der Waals surface area contributed by atoms with Gasteiger partial charge in [-0.1, -0.05) is 18.5 Å². The minimum Gasteiger partial charge on any atom is -0.493 e. The van der Waals surface area contributed by atoms with Gasteiger partial charge in [0.05, 0.1) is 18.7 Å². The third kappa shape index (κ3) is 5.40. The Bertz CT molecular complexity index is 574. The van der Waals surface area contributed by atoms with Crippen LogP contribution in [0.5, 0.6) is 11.5 Å². The summed E-state index contributed by atoms with van der Waals surface area (Å²) in [5.41, 5.74) is 6.49. The van der Waals surface area contributed by atoms with Gasteiger partial charge >= 0.3 is 0 Å². The maximum Gasteiger partial charge on any atom is 0.254 e. The predicted octanol–water partition coefficient (Wildman–Crippen LogP) is 3.76. The van der Waals surface area contributed by atoms with E-state index < -0.39 is 0 Å². The largest absolute Gasteiger partial charge is 0.493 e. The van der Waals surface area contributed by atoms with E-state index in [1.54, 1.807) is 19.2 Å². The molecular formula is C18H28Cl2N2O3. The van der Waals surface area contributed by atoms with Gasteiger partial charge in [0.15, 0.2) is 11.5 Å². The summed E-state index contributed by atoms with van der Waals surface area (Å²) in [7, 11) is 1.55. The summed E-state index contributed by atoms with van der Waals surface area (Å²) in [6.07, 6.45) is 2.74. The Labute approximate surface area is 161 Å². The van der Waals surface area contributed by atoms with Crippen molar-refractivity contribution in [3.05, 3.63) is 22.7 Å². The number of nitrogens with two attached hydrogens (primary N) is 1. The van der Waals surface area contributed by atoms with Gasteiger partial charge in [0, 0.05) is 24.7 Å². The van der Waals surface area contributed by atoms with Gasteiger partial charge in [-0.3, -0.25) is 4.79 Å². The van der Waals surface area contributed by atoms with E-state index in [-0.39, 0.29) is 24.4 Å². The molecular weight excluding hydrogens is 363 g/mol.